The molecule has 4 rings (SSSR count). The predicted molar refractivity (Wildman–Crippen MR) is 107 cm³/mol. The Hall–Kier alpha value is -1.89. The van der Waals surface area contributed by atoms with Crippen molar-refractivity contribution in [2.45, 2.75) is 37.6 Å². The number of carbonyl (C=O) groups is 2. The minimum absolute atomic E-state index is 0.110. The van der Waals surface area contributed by atoms with Gasteiger partial charge in [0.05, 0.1) is 17.2 Å². The van der Waals surface area contributed by atoms with E-state index in [1.54, 1.807) is 11.8 Å². The van der Waals surface area contributed by atoms with E-state index < -0.39 is 0 Å². The number of amides is 2. The minimum Gasteiger partial charge on any atom is -0.492 e. The Morgan fingerprint density at radius 1 is 1.26 bits per heavy atom. The van der Waals surface area contributed by atoms with Crippen LogP contribution in [0.1, 0.15) is 26.7 Å². The van der Waals surface area contributed by atoms with Gasteiger partial charge in [-0.05, 0) is 32.4 Å². The zero-order chi connectivity index (χ0) is 19.0. The number of rotatable bonds is 4. The fourth-order valence-electron chi connectivity index (χ4n) is 4.38. The quantitative estimate of drug-likeness (QED) is 0.790. The number of anilines is 1. The van der Waals surface area contributed by atoms with Crippen LogP contribution in [0.5, 0.6) is 5.75 Å². The number of benzene rings is 1. The molecule has 0 spiro atoms. The second kappa shape index (κ2) is 7.26. The molecule has 0 radical (unpaired) electrons. The van der Waals surface area contributed by atoms with Crippen molar-refractivity contribution < 1.29 is 14.3 Å². The largest absolute Gasteiger partial charge is 0.492 e. The maximum Gasteiger partial charge on any atom is 0.246 e. The van der Waals surface area contributed by atoms with E-state index in [9.17, 15) is 9.59 Å². The normalized spacial score (nSPS) is 27.9. The molecule has 3 heterocycles. The first-order chi connectivity index (χ1) is 13.0. The molecule has 6 nitrogen and oxygen atoms in total. The van der Waals surface area contributed by atoms with Gasteiger partial charge in [0.25, 0.3) is 0 Å². The second-order valence-corrected chi connectivity index (χ2v) is 8.98. The van der Waals surface area contributed by atoms with Crippen molar-refractivity contribution >= 4 is 29.3 Å². The van der Waals surface area contributed by atoms with Crippen molar-refractivity contribution in [3.63, 3.8) is 0 Å². The Morgan fingerprint density at radius 3 is 2.74 bits per heavy atom. The van der Waals surface area contributed by atoms with E-state index in [1.807, 2.05) is 34.9 Å². The molecule has 0 aromatic heterocycles. The number of hydrogen-bond donors (Lipinski definition) is 0. The summed E-state index contributed by atoms with van der Waals surface area (Å²) in [5.74, 6) is 1.85. The molecule has 0 aliphatic carbocycles. The monoisotopic (exact) mass is 389 g/mol. The molecule has 7 heteroatoms. The van der Waals surface area contributed by atoms with E-state index in [0.29, 0.717) is 31.9 Å². The smallest absolute Gasteiger partial charge is 0.246 e. The molecule has 0 unspecified atom stereocenters. The van der Waals surface area contributed by atoms with E-state index in [-0.39, 0.29) is 22.7 Å². The summed E-state index contributed by atoms with van der Waals surface area (Å²) in [7, 11) is 0. The molecule has 3 fully saturated rings. The summed E-state index contributed by atoms with van der Waals surface area (Å²) < 4.78 is 5.75. The topological polar surface area (TPSA) is 53.1 Å². The standard InChI is InChI=1S/C20H27N3O3S/c1-3-26-17-7-5-4-6-15(17)21-10-12-22(13-11-21)19(25)16-14-27-20(2)9-8-18(24)23(16)20/h4-7,16H,3,8-14H2,1-2H3/t16-,20-/m1/s1. The second-order valence-electron chi connectivity index (χ2n) is 7.48. The number of ether oxygens (including phenoxy) is 1. The number of thioether (sulfide) groups is 1. The molecule has 1 aromatic carbocycles. The van der Waals surface area contributed by atoms with Gasteiger partial charge in [0.15, 0.2) is 0 Å². The van der Waals surface area contributed by atoms with E-state index in [2.05, 4.69) is 17.9 Å². The third-order valence-electron chi connectivity index (χ3n) is 5.83. The molecule has 3 saturated heterocycles. The van der Waals surface area contributed by atoms with Crippen molar-refractivity contribution in [3.8, 4) is 5.75 Å². The zero-order valence-corrected chi connectivity index (χ0v) is 16.8. The lowest BCUT2D eigenvalue weighted by molar-refractivity contribution is -0.143. The van der Waals surface area contributed by atoms with E-state index in [4.69, 9.17) is 4.74 Å². The SMILES string of the molecule is CCOc1ccccc1N1CCN(C(=O)[C@H]2CS[C@]3(C)CCC(=O)N23)CC1. The molecular weight excluding hydrogens is 362 g/mol. The number of carbonyl (C=O) groups excluding carboxylic acids is 2. The fraction of sp³-hybridized carbons (Fsp3) is 0.600. The van der Waals surface area contributed by atoms with Crippen LogP contribution >= 0.6 is 11.8 Å². The summed E-state index contributed by atoms with van der Waals surface area (Å²) in [6, 6.07) is 7.77. The van der Waals surface area contributed by atoms with Gasteiger partial charge in [0.2, 0.25) is 11.8 Å². The predicted octanol–water partition coefficient (Wildman–Crippen LogP) is 2.19. The first kappa shape index (κ1) is 18.5. The van der Waals surface area contributed by atoms with Gasteiger partial charge in [-0.15, -0.1) is 11.8 Å². The van der Waals surface area contributed by atoms with Crippen LogP contribution in [0.4, 0.5) is 5.69 Å². The summed E-state index contributed by atoms with van der Waals surface area (Å²) in [6.07, 6.45) is 1.41. The highest BCUT2D eigenvalue weighted by molar-refractivity contribution is 8.01. The molecule has 3 aliphatic rings. The zero-order valence-electron chi connectivity index (χ0n) is 16.0. The van der Waals surface area contributed by atoms with Crippen LogP contribution in [-0.4, -0.2) is 71.1 Å². The number of hydrogen-bond acceptors (Lipinski definition) is 5. The molecule has 146 valence electrons. The van der Waals surface area contributed by atoms with Crippen molar-refractivity contribution in [2.24, 2.45) is 0 Å². The van der Waals surface area contributed by atoms with Gasteiger partial charge in [-0.2, -0.15) is 0 Å². The van der Waals surface area contributed by atoms with Crippen molar-refractivity contribution in [1.29, 1.82) is 0 Å². The van der Waals surface area contributed by atoms with Gasteiger partial charge < -0.3 is 19.4 Å². The molecule has 1 aromatic rings. The highest BCUT2D eigenvalue weighted by atomic mass is 32.2. The maximum absolute atomic E-state index is 13.1. The van der Waals surface area contributed by atoms with Crippen LogP contribution in [0.15, 0.2) is 24.3 Å². The summed E-state index contributed by atoms with van der Waals surface area (Å²) >= 11 is 1.75. The fourth-order valence-corrected chi connectivity index (χ4v) is 5.80. The Bertz CT molecular complexity index is 735. The van der Waals surface area contributed by atoms with E-state index in [1.165, 1.54) is 0 Å². The Labute approximate surface area is 164 Å². The van der Waals surface area contributed by atoms with Crippen molar-refractivity contribution in [1.82, 2.24) is 9.80 Å². The van der Waals surface area contributed by atoms with Crippen LogP contribution in [0.2, 0.25) is 0 Å². The van der Waals surface area contributed by atoms with Crippen LogP contribution in [0.25, 0.3) is 0 Å². The first-order valence-corrected chi connectivity index (χ1v) is 10.7. The first-order valence-electron chi connectivity index (χ1n) is 9.75. The van der Waals surface area contributed by atoms with Gasteiger partial charge in [0, 0.05) is 38.4 Å². The summed E-state index contributed by atoms with van der Waals surface area (Å²) in [5.41, 5.74) is 1.09. The molecule has 3 aliphatic heterocycles. The average Bonchev–Trinajstić information content (AvgIpc) is 3.18. The highest BCUT2D eigenvalue weighted by Gasteiger charge is 2.53. The summed E-state index contributed by atoms with van der Waals surface area (Å²) in [5, 5.41) is 0. The van der Waals surface area contributed by atoms with Crippen molar-refractivity contribution in [2.75, 3.05) is 43.4 Å². The molecule has 0 saturated carbocycles. The van der Waals surface area contributed by atoms with Crippen LogP contribution in [0, 0.1) is 0 Å². The number of nitrogens with zero attached hydrogens (tertiary/aromatic N) is 3. The van der Waals surface area contributed by atoms with Gasteiger partial charge in [-0.25, -0.2) is 0 Å². The highest BCUT2D eigenvalue weighted by Crippen LogP contribution is 2.47. The van der Waals surface area contributed by atoms with Gasteiger partial charge in [-0.3, -0.25) is 9.59 Å². The number of fused-ring (bicyclic) bond motifs is 1. The Morgan fingerprint density at radius 2 is 2.00 bits per heavy atom. The lowest BCUT2D eigenvalue weighted by atomic mass is 10.1. The molecule has 0 bridgehead atoms. The molecular formula is C20H27N3O3S. The Kier molecular flexibility index (Phi) is 4.97. The van der Waals surface area contributed by atoms with Crippen LogP contribution in [-0.2, 0) is 9.59 Å². The molecule has 2 amide bonds. The third kappa shape index (κ3) is 3.26. The van der Waals surface area contributed by atoms with Gasteiger partial charge in [-0.1, -0.05) is 12.1 Å². The third-order valence-corrected chi connectivity index (χ3v) is 7.33. The maximum atomic E-state index is 13.1. The summed E-state index contributed by atoms with van der Waals surface area (Å²) in [4.78, 5) is 31.3. The average molecular weight is 390 g/mol. The Balaban J connectivity index is 1.41. The molecule has 2 atom stereocenters. The van der Waals surface area contributed by atoms with Gasteiger partial charge in [0.1, 0.15) is 11.8 Å². The van der Waals surface area contributed by atoms with Crippen molar-refractivity contribution in [3.05, 3.63) is 24.3 Å². The molecule has 0 N–H and O–H groups in total. The lowest BCUT2D eigenvalue weighted by Crippen LogP contribution is -2.56. The van der Waals surface area contributed by atoms with Crippen LogP contribution in [0.3, 0.4) is 0 Å². The van der Waals surface area contributed by atoms with E-state index in [0.717, 1.165) is 30.9 Å². The van der Waals surface area contributed by atoms with E-state index >= 15 is 0 Å². The molecule has 27 heavy (non-hydrogen) atoms. The minimum atomic E-state index is -0.294. The lowest BCUT2D eigenvalue weighted by Gasteiger charge is -2.39. The number of piperazine rings is 1. The van der Waals surface area contributed by atoms with Gasteiger partial charge >= 0.3 is 0 Å². The number of para-hydroxylation sites is 2. The van der Waals surface area contributed by atoms with Crippen LogP contribution < -0.4 is 9.64 Å². The summed E-state index contributed by atoms with van der Waals surface area (Å²) in [6.45, 7) is 7.64.